The van der Waals surface area contributed by atoms with Crippen molar-refractivity contribution in [3.8, 4) is 0 Å². The molecule has 3 rings (SSSR count). The summed E-state index contributed by atoms with van der Waals surface area (Å²) < 4.78 is 0. The lowest BCUT2D eigenvalue weighted by Crippen LogP contribution is -2.49. The molecule has 0 spiro atoms. The van der Waals surface area contributed by atoms with Crippen LogP contribution in [-0.2, 0) is 4.79 Å². The lowest BCUT2D eigenvalue weighted by atomic mass is 9.54. The Hall–Kier alpha value is -1.64. The van der Waals surface area contributed by atoms with Gasteiger partial charge in [-0.1, -0.05) is 54.4 Å². The molecule has 0 amide bonds. The van der Waals surface area contributed by atoms with Gasteiger partial charge >= 0.3 is 0 Å². The van der Waals surface area contributed by atoms with Crippen molar-refractivity contribution in [3.63, 3.8) is 0 Å². The van der Waals surface area contributed by atoms with E-state index in [1.165, 1.54) is 28.5 Å². The molecule has 5 unspecified atom stereocenters. The summed E-state index contributed by atoms with van der Waals surface area (Å²) in [6.07, 6.45) is 3.13. The van der Waals surface area contributed by atoms with Crippen LogP contribution in [0.5, 0.6) is 0 Å². The molecule has 0 radical (unpaired) electrons. The lowest BCUT2D eigenvalue weighted by molar-refractivity contribution is -0.121. The molecule has 1 aliphatic rings. The van der Waals surface area contributed by atoms with E-state index in [1.807, 2.05) is 19.2 Å². The molecule has 1 saturated carbocycles. The highest BCUT2D eigenvalue weighted by Gasteiger charge is 2.49. The van der Waals surface area contributed by atoms with Gasteiger partial charge in [0.25, 0.3) is 0 Å². The van der Waals surface area contributed by atoms with Gasteiger partial charge in [-0.3, -0.25) is 0 Å². The first kappa shape index (κ1) is 21.1. The van der Waals surface area contributed by atoms with E-state index in [0.29, 0.717) is 5.92 Å². The maximum Gasteiger partial charge on any atom is 0.126 e. The Morgan fingerprint density at radius 2 is 1.86 bits per heavy atom. The topological polar surface area (TPSA) is 29.1 Å². The predicted molar refractivity (Wildman–Crippen MR) is 118 cm³/mol. The quantitative estimate of drug-likeness (QED) is 0.622. The second kappa shape index (κ2) is 8.39. The van der Waals surface area contributed by atoms with Gasteiger partial charge in [-0.2, -0.15) is 0 Å². The van der Waals surface area contributed by atoms with E-state index in [9.17, 15) is 4.79 Å². The molecule has 150 valence electrons. The monoisotopic (exact) mass is 397 g/mol. The van der Waals surface area contributed by atoms with E-state index in [4.69, 9.17) is 11.6 Å². The summed E-state index contributed by atoms with van der Waals surface area (Å²) in [5.74, 6) is 0.844. The normalized spacial score (nSPS) is 28.7. The Labute approximate surface area is 174 Å². The summed E-state index contributed by atoms with van der Waals surface area (Å²) in [5.41, 5.74) is 4.97. The second-order valence-electron chi connectivity index (χ2n) is 8.81. The first-order valence-corrected chi connectivity index (χ1v) is 10.6. The molecule has 2 aromatic carbocycles. The number of carbonyl (C=O) groups is 1. The Balaban J connectivity index is 2.17. The van der Waals surface area contributed by atoms with Crippen LogP contribution >= 0.6 is 11.6 Å². The van der Waals surface area contributed by atoms with Crippen LogP contribution in [-0.4, -0.2) is 19.4 Å². The van der Waals surface area contributed by atoms with Gasteiger partial charge in [0.15, 0.2) is 0 Å². The standard InChI is InChI=1S/C25H32ClNO/c1-16-6-11-21(17(2)14-16)22-12-13-25(4,15-28)24(18(3)27-5)23(22)19-7-9-20(26)10-8-19/h6-11,14-15,18,22-24,27H,12-13H2,1-5H3. The van der Waals surface area contributed by atoms with Gasteiger partial charge in [0.05, 0.1) is 0 Å². The van der Waals surface area contributed by atoms with Gasteiger partial charge in [-0.05, 0) is 87.2 Å². The number of hydrogen-bond donors (Lipinski definition) is 1. The van der Waals surface area contributed by atoms with Crippen LogP contribution in [0.15, 0.2) is 42.5 Å². The molecule has 0 aromatic heterocycles. The van der Waals surface area contributed by atoms with Crippen LogP contribution in [0.25, 0.3) is 0 Å². The number of halogens is 1. The van der Waals surface area contributed by atoms with Crippen molar-refractivity contribution >= 4 is 17.9 Å². The van der Waals surface area contributed by atoms with Crippen LogP contribution in [0.1, 0.15) is 60.8 Å². The maximum atomic E-state index is 12.2. The van der Waals surface area contributed by atoms with Crippen LogP contribution < -0.4 is 5.32 Å². The minimum atomic E-state index is -0.345. The third kappa shape index (κ3) is 3.90. The van der Waals surface area contributed by atoms with Crippen molar-refractivity contribution in [3.05, 3.63) is 69.7 Å². The summed E-state index contributed by atoms with van der Waals surface area (Å²) in [5, 5.41) is 4.20. The van der Waals surface area contributed by atoms with Gasteiger partial charge in [0.2, 0.25) is 0 Å². The van der Waals surface area contributed by atoms with E-state index >= 15 is 0 Å². The molecule has 0 heterocycles. The van der Waals surface area contributed by atoms with E-state index in [2.05, 4.69) is 63.3 Å². The highest BCUT2D eigenvalue weighted by Crippen LogP contribution is 2.55. The minimum Gasteiger partial charge on any atom is -0.317 e. The fraction of sp³-hybridized carbons (Fsp3) is 0.480. The highest BCUT2D eigenvalue weighted by molar-refractivity contribution is 6.30. The van der Waals surface area contributed by atoms with Crippen molar-refractivity contribution in [2.45, 2.75) is 58.4 Å². The summed E-state index contributed by atoms with van der Waals surface area (Å²) in [6.45, 7) is 8.70. The van der Waals surface area contributed by atoms with E-state index in [-0.39, 0.29) is 23.3 Å². The summed E-state index contributed by atoms with van der Waals surface area (Å²) in [6, 6.07) is 15.3. The molecule has 0 bridgehead atoms. The molecule has 0 aliphatic heterocycles. The molecule has 1 aliphatic carbocycles. The van der Waals surface area contributed by atoms with Gasteiger partial charge < -0.3 is 10.1 Å². The molecule has 0 saturated heterocycles. The number of hydrogen-bond acceptors (Lipinski definition) is 2. The zero-order chi connectivity index (χ0) is 20.5. The van der Waals surface area contributed by atoms with Gasteiger partial charge in [0, 0.05) is 16.5 Å². The Kier molecular flexibility index (Phi) is 6.31. The van der Waals surface area contributed by atoms with E-state index in [0.717, 1.165) is 17.9 Å². The lowest BCUT2D eigenvalue weighted by Gasteiger charge is -2.50. The molecule has 1 fully saturated rings. The fourth-order valence-electron chi connectivity index (χ4n) is 5.39. The number of carbonyl (C=O) groups excluding carboxylic acids is 1. The molecule has 2 nitrogen and oxygen atoms in total. The third-order valence-corrected chi connectivity index (χ3v) is 7.17. The average molecular weight is 398 g/mol. The smallest absolute Gasteiger partial charge is 0.126 e. The Morgan fingerprint density at radius 3 is 2.43 bits per heavy atom. The fourth-order valence-corrected chi connectivity index (χ4v) is 5.51. The first-order chi connectivity index (χ1) is 13.3. The number of rotatable bonds is 5. The third-order valence-electron chi connectivity index (χ3n) is 6.92. The van der Waals surface area contributed by atoms with Crippen molar-refractivity contribution < 1.29 is 4.79 Å². The largest absolute Gasteiger partial charge is 0.317 e. The summed E-state index contributed by atoms with van der Waals surface area (Å²) >= 11 is 6.19. The zero-order valence-electron chi connectivity index (χ0n) is 17.6. The number of aldehydes is 1. The zero-order valence-corrected chi connectivity index (χ0v) is 18.4. The molecule has 2 aromatic rings. The van der Waals surface area contributed by atoms with Crippen LogP contribution in [0.2, 0.25) is 5.02 Å². The number of benzene rings is 2. The maximum absolute atomic E-state index is 12.2. The number of aryl methyl sites for hydroxylation is 2. The molecule has 3 heteroatoms. The Morgan fingerprint density at radius 1 is 1.18 bits per heavy atom. The van der Waals surface area contributed by atoms with Gasteiger partial charge in [-0.25, -0.2) is 0 Å². The van der Waals surface area contributed by atoms with Crippen LogP contribution in [0.4, 0.5) is 0 Å². The van der Waals surface area contributed by atoms with E-state index < -0.39 is 0 Å². The minimum absolute atomic E-state index is 0.204. The predicted octanol–water partition coefficient (Wildman–Crippen LogP) is 6.05. The molecular formula is C25H32ClNO. The average Bonchev–Trinajstić information content (AvgIpc) is 2.68. The van der Waals surface area contributed by atoms with Crippen molar-refractivity contribution in [2.75, 3.05) is 7.05 Å². The number of nitrogens with one attached hydrogen (secondary N) is 1. The van der Waals surface area contributed by atoms with Crippen molar-refractivity contribution in [1.82, 2.24) is 5.32 Å². The van der Waals surface area contributed by atoms with E-state index in [1.54, 1.807) is 0 Å². The van der Waals surface area contributed by atoms with Crippen molar-refractivity contribution in [2.24, 2.45) is 11.3 Å². The van der Waals surface area contributed by atoms with Crippen molar-refractivity contribution in [1.29, 1.82) is 0 Å². The second-order valence-corrected chi connectivity index (χ2v) is 9.25. The Bertz CT molecular complexity index is 831. The molecule has 28 heavy (non-hydrogen) atoms. The SMILES string of the molecule is CNC(C)C1C(c2ccc(Cl)cc2)C(c2ccc(C)cc2C)CCC1(C)C=O. The molecule has 1 N–H and O–H groups in total. The first-order valence-electron chi connectivity index (χ1n) is 10.3. The summed E-state index contributed by atoms with van der Waals surface area (Å²) in [4.78, 5) is 12.2. The van der Waals surface area contributed by atoms with Gasteiger partial charge in [0.1, 0.15) is 6.29 Å². The molecular weight excluding hydrogens is 366 g/mol. The molecule has 5 atom stereocenters. The van der Waals surface area contributed by atoms with Gasteiger partial charge in [-0.15, -0.1) is 0 Å². The summed E-state index contributed by atoms with van der Waals surface area (Å²) in [7, 11) is 2.00. The van der Waals surface area contributed by atoms with Crippen LogP contribution in [0.3, 0.4) is 0 Å². The highest BCUT2D eigenvalue weighted by atomic mass is 35.5. The van der Waals surface area contributed by atoms with Crippen LogP contribution in [0, 0.1) is 25.2 Å².